The van der Waals surface area contributed by atoms with E-state index in [9.17, 15) is 13.2 Å². The van der Waals surface area contributed by atoms with Crippen LogP contribution in [0.15, 0.2) is 40.2 Å². The lowest BCUT2D eigenvalue weighted by atomic mass is 10.3. The summed E-state index contributed by atoms with van der Waals surface area (Å²) in [6.07, 6.45) is 0. The number of aromatic nitrogens is 2. The van der Waals surface area contributed by atoms with Crippen LogP contribution in [0.2, 0.25) is 0 Å². The van der Waals surface area contributed by atoms with Gasteiger partial charge in [0.25, 0.3) is 15.9 Å². The van der Waals surface area contributed by atoms with Crippen LogP contribution < -0.4 is 15.4 Å². The number of sulfonamides is 1. The molecule has 1 aliphatic heterocycles. The maximum Gasteiger partial charge on any atom is 0.290 e. The van der Waals surface area contributed by atoms with E-state index in [0.717, 1.165) is 0 Å². The highest BCUT2D eigenvalue weighted by atomic mass is 32.2. The summed E-state index contributed by atoms with van der Waals surface area (Å²) in [5.41, 5.74) is 1.79. The van der Waals surface area contributed by atoms with Crippen molar-refractivity contribution in [1.82, 2.24) is 15.3 Å². The second-order valence-electron chi connectivity index (χ2n) is 6.29. The number of anilines is 2. The van der Waals surface area contributed by atoms with Gasteiger partial charge in [-0.2, -0.15) is 0 Å². The topological polar surface area (TPSA) is 125 Å². The molecule has 10 heteroatoms. The molecule has 1 aromatic heterocycles. The van der Waals surface area contributed by atoms with Gasteiger partial charge >= 0.3 is 0 Å². The highest BCUT2D eigenvalue weighted by Crippen LogP contribution is 2.17. The summed E-state index contributed by atoms with van der Waals surface area (Å²) in [6, 6.07) is 7.68. The van der Waals surface area contributed by atoms with Crippen LogP contribution in [-0.2, 0) is 14.8 Å². The Labute approximate surface area is 157 Å². The highest BCUT2D eigenvalue weighted by Gasteiger charge is 2.20. The number of carbonyl (C=O) groups is 1. The smallest absolute Gasteiger partial charge is 0.290 e. The first-order valence-corrected chi connectivity index (χ1v) is 9.79. The average Bonchev–Trinajstić information content (AvgIpc) is 3.00. The number of amidine groups is 1. The minimum atomic E-state index is -3.84. The van der Waals surface area contributed by atoms with Crippen LogP contribution in [0, 0.1) is 13.8 Å². The fourth-order valence-corrected chi connectivity index (χ4v) is 3.49. The SMILES string of the molecule is Cc1cc(C)nc(NS(=O)(=O)c2ccc(NC(=O)C3=NCC(C)N3)cc2)n1. The molecule has 27 heavy (non-hydrogen) atoms. The van der Waals surface area contributed by atoms with Gasteiger partial charge in [0.2, 0.25) is 5.95 Å². The molecule has 0 bridgehead atoms. The summed E-state index contributed by atoms with van der Waals surface area (Å²) in [5, 5.41) is 5.64. The lowest BCUT2D eigenvalue weighted by molar-refractivity contribution is -0.110. The van der Waals surface area contributed by atoms with E-state index in [1.54, 1.807) is 19.9 Å². The molecular formula is C17H20N6O3S. The van der Waals surface area contributed by atoms with Gasteiger partial charge in [-0.25, -0.2) is 23.1 Å². The van der Waals surface area contributed by atoms with E-state index in [0.29, 0.717) is 23.6 Å². The third-order valence-corrected chi connectivity index (χ3v) is 5.10. The van der Waals surface area contributed by atoms with Crippen molar-refractivity contribution in [3.63, 3.8) is 0 Å². The summed E-state index contributed by atoms with van der Waals surface area (Å²) >= 11 is 0. The normalized spacial score (nSPS) is 16.4. The van der Waals surface area contributed by atoms with Gasteiger partial charge in [-0.05, 0) is 51.1 Å². The Balaban J connectivity index is 1.71. The Kier molecular flexibility index (Phi) is 5.08. The molecule has 0 fully saturated rings. The number of rotatable bonds is 5. The molecule has 0 saturated carbocycles. The Morgan fingerprint density at radius 1 is 1.15 bits per heavy atom. The number of hydrogen-bond acceptors (Lipinski definition) is 7. The lowest BCUT2D eigenvalue weighted by Crippen LogP contribution is -2.36. The monoisotopic (exact) mass is 388 g/mol. The van der Waals surface area contributed by atoms with Crippen LogP contribution in [0.5, 0.6) is 0 Å². The maximum atomic E-state index is 12.5. The molecule has 142 valence electrons. The molecule has 2 aromatic rings. The number of hydrogen-bond donors (Lipinski definition) is 3. The number of nitrogens with one attached hydrogen (secondary N) is 3. The molecule has 1 amide bonds. The molecule has 0 aliphatic carbocycles. The number of carbonyl (C=O) groups excluding carboxylic acids is 1. The summed E-state index contributed by atoms with van der Waals surface area (Å²) in [7, 11) is -3.84. The van der Waals surface area contributed by atoms with E-state index in [2.05, 4.69) is 30.3 Å². The van der Waals surface area contributed by atoms with Gasteiger partial charge in [-0.3, -0.25) is 9.79 Å². The third kappa shape index (κ3) is 4.59. The van der Waals surface area contributed by atoms with Crippen molar-refractivity contribution in [2.24, 2.45) is 4.99 Å². The summed E-state index contributed by atoms with van der Waals surface area (Å²) in [4.78, 5) is 24.4. The molecule has 1 aliphatic rings. The van der Waals surface area contributed by atoms with Crippen LogP contribution in [0.1, 0.15) is 18.3 Å². The largest absolute Gasteiger partial charge is 0.361 e. The molecular weight excluding hydrogens is 368 g/mol. The zero-order valence-corrected chi connectivity index (χ0v) is 16.0. The molecule has 0 radical (unpaired) electrons. The molecule has 3 N–H and O–H groups in total. The Morgan fingerprint density at radius 2 is 1.78 bits per heavy atom. The van der Waals surface area contributed by atoms with Crippen molar-refractivity contribution in [3.8, 4) is 0 Å². The van der Waals surface area contributed by atoms with Gasteiger partial charge in [-0.1, -0.05) is 0 Å². The standard InChI is InChI=1S/C17H20N6O3S/c1-10-8-11(2)21-17(20-10)23-27(25,26)14-6-4-13(5-7-14)22-16(24)15-18-9-12(3)19-15/h4-8,12H,9H2,1-3H3,(H,18,19)(H,22,24)(H,20,21,23). The van der Waals surface area contributed by atoms with Crippen LogP contribution in [-0.4, -0.2) is 42.7 Å². The predicted molar refractivity (Wildman–Crippen MR) is 102 cm³/mol. The first-order chi connectivity index (χ1) is 12.7. The van der Waals surface area contributed by atoms with Crippen LogP contribution in [0.25, 0.3) is 0 Å². The fourth-order valence-electron chi connectivity index (χ4n) is 2.55. The number of nitrogens with zero attached hydrogens (tertiary/aromatic N) is 3. The Bertz CT molecular complexity index is 982. The second kappa shape index (κ2) is 7.31. The quantitative estimate of drug-likeness (QED) is 0.707. The fraction of sp³-hybridized carbons (Fsp3) is 0.294. The van der Waals surface area contributed by atoms with Crippen molar-refractivity contribution in [3.05, 3.63) is 41.7 Å². The van der Waals surface area contributed by atoms with Crippen molar-refractivity contribution in [1.29, 1.82) is 0 Å². The van der Waals surface area contributed by atoms with Crippen LogP contribution in [0.4, 0.5) is 11.6 Å². The molecule has 3 rings (SSSR count). The number of aryl methyl sites for hydroxylation is 2. The van der Waals surface area contributed by atoms with Crippen molar-refractivity contribution in [2.75, 3.05) is 16.6 Å². The average molecular weight is 388 g/mol. The third-order valence-electron chi connectivity index (χ3n) is 3.75. The number of amides is 1. The number of aliphatic imine (C=N–C) groups is 1. The van der Waals surface area contributed by atoms with Gasteiger partial charge in [0.15, 0.2) is 5.84 Å². The predicted octanol–water partition coefficient (Wildman–Crippen LogP) is 1.22. The van der Waals surface area contributed by atoms with E-state index in [1.165, 1.54) is 24.3 Å². The summed E-state index contributed by atoms with van der Waals surface area (Å²) in [6.45, 7) is 5.99. The van der Waals surface area contributed by atoms with Crippen LogP contribution >= 0.6 is 0 Å². The minimum Gasteiger partial charge on any atom is -0.361 e. The molecule has 2 heterocycles. The van der Waals surface area contributed by atoms with Gasteiger partial charge in [-0.15, -0.1) is 0 Å². The number of benzene rings is 1. The van der Waals surface area contributed by atoms with E-state index in [-0.39, 0.29) is 28.6 Å². The van der Waals surface area contributed by atoms with Crippen LogP contribution in [0.3, 0.4) is 0 Å². The Morgan fingerprint density at radius 3 is 2.33 bits per heavy atom. The van der Waals surface area contributed by atoms with E-state index in [1.807, 2.05) is 6.92 Å². The molecule has 1 atom stereocenters. The van der Waals surface area contributed by atoms with Gasteiger partial charge < -0.3 is 10.6 Å². The zero-order chi connectivity index (χ0) is 19.6. The first-order valence-electron chi connectivity index (χ1n) is 8.30. The molecule has 0 saturated heterocycles. The van der Waals surface area contributed by atoms with Gasteiger partial charge in [0.1, 0.15) is 0 Å². The summed E-state index contributed by atoms with van der Waals surface area (Å²) < 4.78 is 27.4. The van der Waals surface area contributed by atoms with E-state index in [4.69, 9.17) is 0 Å². The first kappa shape index (κ1) is 18.8. The van der Waals surface area contributed by atoms with E-state index >= 15 is 0 Å². The van der Waals surface area contributed by atoms with E-state index < -0.39 is 10.0 Å². The van der Waals surface area contributed by atoms with Crippen molar-refractivity contribution >= 4 is 33.4 Å². The second-order valence-corrected chi connectivity index (χ2v) is 7.98. The molecule has 9 nitrogen and oxygen atoms in total. The Hall–Kier alpha value is -3.01. The zero-order valence-electron chi connectivity index (χ0n) is 15.1. The highest BCUT2D eigenvalue weighted by molar-refractivity contribution is 7.92. The molecule has 0 spiro atoms. The summed E-state index contributed by atoms with van der Waals surface area (Å²) in [5.74, 6) is -0.0751. The van der Waals surface area contributed by atoms with Gasteiger partial charge in [0.05, 0.1) is 11.4 Å². The van der Waals surface area contributed by atoms with Gasteiger partial charge in [0, 0.05) is 23.1 Å². The van der Waals surface area contributed by atoms with Crippen molar-refractivity contribution in [2.45, 2.75) is 31.7 Å². The lowest BCUT2D eigenvalue weighted by Gasteiger charge is -2.10. The molecule has 1 aromatic carbocycles. The minimum absolute atomic E-state index is 0.0179. The van der Waals surface area contributed by atoms with Crippen molar-refractivity contribution < 1.29 is 13.2 Å². The maximum absolute atomic E-state index is 12.5. The molecule has 1 unspecified atom stereocenters.